The van der Waals surface area contributed by atoms with E-state index >= 15 is 0 Å². The summed E-state index contributed by atoms with van der Waals surface area (Å²) in [6.45, 7) is 1.67. The monoisotopic (exact) mass is 282 g/mol. The maximum Gasteiger partial charge on any atom is 0.236 e. The van der Waals surface area contributed by atoms with E-state index in [9.17, 15) is 4.79 Å². The SMILES string of the molecule is O=C(Nc1cnccn1)C1(c2ccccc2)CCNCC1. The van der Waals surface area contributed by atoms with Crippen LogP contribution in [-0.4, -0.2) is 29.0 Å². The number of hydrogen-bond donors (Lipinski definition) is 2. The second-order valence-electron chi connectivity index (χ2n) is 5.24. The van der Waals surface area contributed by atoms with Gasteiger partial charge in [0.2, 0.25) is 5.91 Å². The van der Waals surface area contributed by atoms with Crippen molar-refractivity contribution in [2.24, 2.45) is 0 Å². The summed E-state index contributed by atoms with van der Waals surface area (Å²) >= 11 is 0. The van der Waals surface area contributed by atoms with Gasteiger partial charge in [0.05, 0.1) is 11.6 Å². The predicted octanol–water partition coefficient (Wildman–Crippen LogP) is 1.74. The van der Waals surface area contributed by atoms with Gasteiger partial charge in [-0.1, -0.05) is 30.3 Å². The lowest BCUT2D eigenvalue weighted by Crippen LogP contribution is -2.48. The molecular formula is C16H18N4O. The molecule has 2 N–H and O–H groups in total. The van der Waals surface area contributed by atoms with Crippen molar-refractivity contribution in [2.75, 3.05) is 18.4 Å². The van der Waals surface area contributed by atoms with Gasteiger partial charge >= 0.3 is 0 Å². The van der Waals surface area contributed by atoms with Crippen LogP contribution in [-0.2, 0) is 10.2 Å². The predicted molar refractivity (Wildman–Crippen MR) is 80.9 cm³/mol. The van der Waals surface area contributed by atoms with Gasteiger partial charge in [0.1, 0.15) is 0 Å². The summed E-state index contributed by atoms with van der Waals surface area (Å²) in [5, 5.41) is 6.23. The summed E-state index contributed by atoms with van der Waals surface area (Å²) in [5.41, 5.74) is 0.567. The van der Waals surface area contributed by atoms with Crippen LogP contribution in [0.4, 0.5) is 5.82 Å². The number of nitrogens with one attached hydrogen (secondary N) is 2. The van der Waals surface area contributed by atoms with Crippen LogP contribution in [0.25, 0.3) is 0 Å². The fourth-order valence-electron chi connectivity index (χ4n) is 2.86. The van der Waals surface area contributed by atoms with E-state index in [1.165, 1.54) is 0 Å². The molecule has 2 aromatic rings. The molecular weight excluding hydrogens is 264 g/mol. The summed E-state index contributed by atoms with van der Waals surface area (Å²) in [6, 6.07) is 9.99. The zero-order chi connectivity index (χ0) is 14.5. The lowest BCUT2D eigenvalue weighted by atomic mass is 9.72. The van der Waals surface area contributed by atoms with Crippen LogP contribution >= 0.6 is 0 Å². The van der Waals surface area contributed by atoms with E-state index in [0.29, 0.717) is 5.82 Å². The molecule has 3 rings (SSSR count). The number of benzene rings is 1. The normalized spacial score (nSPS) is 17.1. The van der Waals surface area contributed by atoms with Crippen LogP contribution in [0.2, 0.25) is 0 Å². The molecule has 1 aromatic carbocycles. The highest BCUT2D eigenvalue weighted by Crippen LogP contribution is 2.34. The molecule has 0 saturated carbocycles. The van der Waals surface area contributed by atoms with E-state index in [1.807, 2.05) is 30.3 Å². The Bertz CT molecular complexity index is 594. The van der Waals surface area contributed by atoms with Crippen molar-refractivity contribution in [2.45, 2.75) is 18.3 Å². The van der Waals surface area contributed by atoms with E-state index in [0.717, 1.165) is 31.5 Å². The summed E-state index contributed by atoms with van der Waals surface area (Å²) in [5.74, 6) is 0.493. The summed E-state index contributed by atoms with van der Waals surface area (Å²) in [6.07, 6.45) is 6.30. The molecule has 1 fully saturated rings. The van der Waals surface area contributed by atoms with Crippen molar-refractivity contribution in [3.63, 3.8) is 0 Å². The Labute approximate surface area is 123 Å². The Kier molecular flexibility index (Phi) is 3.92. The Balaban J connectivity index is 1.90. The number of piperidine rings is 1. The molecule has 1 aromatic heterocycles. The van der Waals surface area contributed by atoms with Crippen LogP contribution < -0.4 is 10.6 Å². The molecule has 1 aliphatic heterocycles. The summed E-state index contributed by atoms with van der Waals surface area (Å²) in [7, 11) is 0. The van der Waals surface area contributed by atoms with Crippen molar-refractivity contribution in [1.82, 2.24) is 15.3 Å². The Morgan fingerprint density at radius 2 is 1.90 bits per heavy atom. The molecule has 108 valence electrons. The van der Waals surface area contributed by atoms with Crippen LogP contribution in [0.3, 0.4) is 0 Å². The maximum atomic E-state index is 12.9. The minimum Gasteiger partial charge on any atom is -0.317 e. The fraction of sp³-hybridized carbons (Fsp3) is 0.312. The molecule has 0 radical (unpaired) electrons. The second kappa shape index (κ2) is 6.01. The van der Waals surface area contributed by atoms with E-state index in [-0.39, 0.29) is 5.91 Å². The third kappa shape index (κ3) is 2.78. The highest BCUT2D eigenvalue weighted by atomic mass is 16.2. The van der Waals surface area contributed by atoms with E-state index in [1.54, 1.807) is 18.6 Å². The zero-order valence-electron chi connectivity index (χ0n) is 11.7. The molecule has 1 aliphatic rings. The number of nitrogens with zero attached hydrogens (tertiary/aromatic N) is 2. The number of rotatable bonds is 3. The van der Waals surface area contributed by atoms with Crippen LogP contribution in [0, 0.1) is 0 Å². The largest absolute Gasteiger partial charge is 0.317 e. The Morgan fingerprint density at radius 3 is 2.57 bits per heavy atom. The molecule has 0 aliphatic carbocycles. The van der Waals surface area contributed by atoms with Gasteiger partial charge in [0, 0.05) is 12.4 Å². The van der Waals surface area contributed by atoms with Crippen molar-refractivity contribution < 1.29 is 4.79 Å². The average Bonchev–Trinajstić information content (AvgIpc) is 2.57. The molecule has 0 bridgehead atoms. The summed E-state index contributed by atoms with van der Waals surface area (Å²) in [4.78, 5) is 21.0. The topological polar surface area (TPSA) is 66.9 Å². The fourth-order valence-corrected chi connectivity index (χ4v) is 2.86. The minimum atomic E-state index is -0.496. The van der Waals surface area contributed by atoms with Crippen LogP contribution in [0.5, 0.6) is 0 Å². The molecule has 1 amide bonds. The highest BCUT2D eigenvalue weighted by molar-refractivity contribution is 5.98. The second-order valence-corrected chi connectivity index (χ2v) is 5.24. The first-order chi connectivity index (χ1) is 10.3. The van der Waals surface area contributed by atoms with Gasteiger partial charge in [-0.05, 0) is 31.5 Å². The number of anilines is 1. The molecule has 1 saturated heterocycles. The highest BCUT2D eigenvalue weighted by Gasteiger charge is 2.41. The van der Waals surface area contributed by atoms with Gasteiger partial charge in [-0.25, -0.2) is 4.98 Å². The van der Waals surface area contributed by atoms with Crippen LogP contribution in [0.15, 0.2) is 48.9 Å². The molecule has 21 heavy (non-hydrogen) atoms. The molecule has 0 unspecified atom stereocenters. The molecule has 5 heteroatoms. The maximum absolute atomic E-state index is 12.9. The Morgan fingerprint density at radius 1 is 1.14 bits per heavy atom. The van der Waals surface area contributed by atoms with Crippen molar-refractivity contribution in [1.29, 1.82) is 0 Å². The number of carbonyl (C=O) groups excluding carboxylic acids is 1. The number of carbonyl (C=O) groups is 1. The van der Waals surface area contributed by atoms with Gasteiger partial charge < -0.3 is 10.6 Å². The average molecular weight is 282 g/mol. The lowest BCUT2D eigenvalue weighted by Gasteiger charge is -2.36. The zero-order valence-corrected chi connectivity index (χ0v) is 11.7. The molecule has 0 atom stereocenters. The van der Waals surface area contributed by atoms with Crippen LogP contribution in [0.1, 0.15) is 18.4 Å². The smallest absolute Gasteiger partial charge is 0.236 e. The van der Waals surface area contributed by atoms with Gasteiger partial charge in [0.15, 0.2) is 5.82 Å². The first-order valence-corrected chi connectivity index (χ1v) is 7.15. The number of aromatic nitrogens is 2. The third-order valence-corrected chi connectivity index (χ3v) is 4.02. The first kappa shape index (κ1) is 13.7. The molecule has 5 nitrogen and oxygen atoms in total. The van der Waals surface area contributed by atoms with Gasteiger partial charge in [-0.15, -0.1) is 0 Å². The standard InChI is InChI=1S/C16H18N4O/c21-15(20-14-12-18-10-11-19-14)16(6-8-17-9-7-16)13-4-2-1-3-5-13/h1-5,10-12,17H,6-9H2,(H,19,20,21). The van der Waals surface area contributed by atoms with E-state index in [2.05, 4.69) is 20.6 Å². The van der Waals surface area contributed by atoms with Crippen molar-refractivity contribution >= 4 is 11.7 Å². The Hall–Kier alpha value is -2.27. The third-order valence-electron chi connectivity index (χ3n) is 4.02. The molecule has 2 heterocycles. The quantitative estimate of drug-likeness (QED) is 0.900. The summed E-state index contributed by atoms with van der Waals surface area (Å²) < 4.78 is 0. The molecule has 0 spiro atoms. The van der Waals surface area contributed by atoms with Crippen molar-refractivity contribution in [3.8, 4) is 0 Å². The van der Waals surface area contributed by atoms with Gasteiger partial charge in [-0.2, -0.15) is 0 Å². The van der Waals surface area contributed by atoms with Gasteiger partial charge in [0.25, 0.3) is 0 Å². The van der Waals surface area contributed by atoms with E-state index in [4.69, 9.17) is 0 Å². The van der Waals surface area contributed by atoms with Crippen molar-refractivity contribution in [3.05, 3.63) is 54.5 Å². The number of amides is 1. The first-order valence-electron chi connectivity index (χ1n) is 7.15. The minimum absolute atomic E-state index is 0.00398. The lowest BCUT2D eigenvalue weighted by molar-refractivity contribution is -0.122. The number of hydrogen-bond acceptors (Lipinski definition) is 4. The van der Waals surface area contributed by atoms with Gasteiger partial charge in [-0.3, -0.25) is 9.78 Å². The van der Waals surface area contributed by atoms with E-state index < -0.39 is 5.41 Å².